The van der Waals surface area contributed by atoms with Gasteiger partial charge in [-0.25, -0.2) is 0 Å². The van der Waals surface area contributed by atoms with Gasteiger partial charge in [-0.15, -0.1) is 13.2 Å². The Morgan fingerprint density at radius 1 is 0.706 bits per heavy atom. The zero-order valence-electron chi connectivity index (χ0n) is 29.0. The Bertz CT molecular complexity index is 1660. The van der Waals surface area contributed by atoms with E-state index in [4.69, 9.17) is 9.47 Å². The summed E-state index contributed by atoms with van der Waals surface area (Å²) in [6, 6.07) is 35.9. The lowest BCUT2D eigenvalue weighted by atomic mass is 9.96. The largest absolute Gasteiger partial charge is 0.489 e. The number of rotatable bonds is 21. The Morgan fingerprint density at radius 3 is 1.88 bits per heavy atom. The fraction of sp³-hybridized carbons (Fsp3) is 0.279. The molecule has 0 aliphatic rings. The third-order valence-electron chi connectivity index (χ3n) is 8.49. The SMILES string of the molecule is C=CCC(CC(=O)NC(CO)Cc1ccc(OCc2ccccc2)cc1)C(=O)NCC(OC(=O)C(CC=C)Cc1ccccc1)c1ccccc1. The Balaban J connectivity index is 1.32. The molecule has 4 aromatic rings. The summed E-state index contributed by atoms with van der Waals surface area (Å²) in [6.45, 7) is 7.81. The molecule has 0 heterocycles. The Morgan fingerprint density at radius 2 is 1.27 bits per heavy atom. The Hall–Kier alpha value is -5.47. The smallest absolute Gasteiger partial charge is 0.310 e. The second-order valence-electron chi connectivity index (χ2n) is 12.5. The van der Waals surface area contributed by atoms with Crippen molar-refractivity contribution in [3.8, 4) is 5.75 Å². The number of ether oxygens (including phenoxy) is 2. The lowest BCUT2D eigenvalue weighted by Crippen LogP contribution is -2.42. The van der Waals surface area contributed by atoms with Gasteiger partial charge in [0.05, 0.1) is 31.0 Å². The van der Waals surface area contributed by atoms with E-state index in [-0.39, 0.29) is 43.8 Å². The van der Waals surface area contributed by atoms with Crippen molar-refractivity contribution in [1.29, 1.82) is 0 Å². The highest BCUT2D eigenvalue weighted by Crippen LogP contribution is 2.23. The summed E-state index contributed by atoms with van der Waals surface area (Å²) in [5, 5.41) is 15.8. The van der Waals surface area contributed by atoms with Crippen LogP contribution in [0.3, 0.4) is 0 Å². The van der Waals surface area contributed by atoms with Crippen molar-refractivity contribution >= 4 is 17.8 Å². The highest BCUT2D eigenvalue weighted by Gasteiger charge is 2.27. The second-order valence-corrected chi connectivity index (χ2v) is 12.5. The predicted octanol–water partition coefficient (Wildman–Crippen LogP) is 6.70. The Kier molecular flexibility index (Phi) is 15.7. The number of amides is 2. The van der Waals surface area contributed by atoms with Gasteiger partial charge in [0.15, 0.2) is 0 Å². The fourth-order valence-electron chi connectivity index (χ4n) is 5.74. The molecule has 4 aromatic carbocycles. The first kappa shape index (κ1) is 38.3. The van der Waals surface area contributed by atoms with Crippen LogP contribution in [-0.2, 0) is 38.6 Å². The van der Waals surface area contributed by atoms with Gasteiger partial charge < -0.3 is 25.2 Å². The van der Waals surface area contributed by atoms with Crippen molar-refractivity contribution in [3.05, 3.63) is 163 Å². The van der Waals surface area contributed by atoms with E-state index in [1.165, 1.54) is 0 Å². The number of hydrogen-bond donors (Lipinski definition) is 3. The van der Waals surface area contributed by atoms with E-state index in [1.807, 2.05) is 115 Å². The van der Waals surface area contributed by atoms with Gasteiger partial charge >= 0.3 is 5.97 Å². The third kappa shape index (κ3) is 13.1. The van der Waals surface area contributed by atoms with Crippen LogP contribution in [0.5, 0.6) is 5.75 Å². The topological polar surface area (TPSA) is 114 Å². The number of aliphatic hydroxyl groups is 1. The highest BCUT2D eigenvalue weighted by molar-refractivity contribution is 5.86. The molecular weight excluding hydrogens is 640 g/mol. The summed E-state index contributed by atoms with van der Waals surface area (Å²) in [5.41, 5.74) is 3.74. The number of aliphatic hydroxyl groups excluding tert-OH is 1. The predicted molar refractivity (Wildman–Crippen MR) is 200 cm³/mol. The molecule has 8 heteroatoms. The van der Waals surface area contributed by atoms with E-state index in [1.54, 1.807) is 12.2 Å². The average Bonchev–Trinajstić information content (AvgIpc) is 3.16. The molecule has 0 saturated heterocycles. The van der Waals surface area contributed by atoms with E-state index < -0.39 is 24.0 Å². The number of carbonyl (C=O) groups is 3. The average molecular weight is 689 g/mol. The normalized spacial score (nSPS) is 13.1. The molecule has 0 bridgehead atoms. The Labute approximate surface area is 301 Å². The summed E-state index contributed by atoms with van der Waals surface area (Å²) in [6.07, 6.45) is 4.08. The highest BCUT2D eigenvalue weighted by atomic mass is 16.5. The number of esters is 1. The van der Waals surface area contributed by atoms with Crippen LogP contribution >= 0.6 is 0 Å². The van der Waals surface area contributed by atoms with Crippen molar-refractivity contribution in [3.63, 3.8) is 0 Å². The number of nitrogens with one attached hydrogen (secondary N) is 2. The molecule has 0 fully saturated rings. The van der Waals surface area contributed by atoms with E-state index in [0.29, 0.717) is 25.9 Å². The molecule has 4 rings (SSSR count). The third-order valence-corrected chi connectivity index (χ3v) is 8.49. The summed E-state index contributed by atoms with van der Waals surface area (Å²) in [5.74, 6) is -1.53. The van der Waals surface area contributed by atoms with Gasteiger partial charge in [0.1, 0.15) is 18.5 Å². The standard InChI is InChI=1S/C43H48N2O6/c1-3-14-36(28-41(47)45-38(30-46)27-33-22-24-39(25-23-33)50-31-34-18-10-6-11-19-34)42(48)44-29-40(35-20-12-7-13-21-35)51-43(49)37(15-4-2)26-32-16-8-5-9-17-32/h3-13,16-25,36-38,40,46H,1-2,14-15,26-31H2,(H,44,48)(H,45,47). The zero-order chi connectivity index (χ0) is 36.3. The minimum absolute atomic E-state index is 0.0281. The maximum atomic E-state index is 13.4. The van der Waals surface area contributed by atoms with Crippen molar-refractivity contribution in [2.45, 2.75) is 50.9 Å². The van der Waals surface area contributed by atoms with Gasteiger partial charge in [0.2, 0.25) is 11.8 Å². The molecule has 0 radical (unpaired) electrons. The van der Waals surface area contributed by atoms with Crippen LogP contribution in [0, 0.1) is 11.8 Å². The van der Waals surface area contributed by atoms with Gasteiger partial charge in [-0.1, -0.05) is 115 Å². The van der Waals surface area contributed by atoms with Crippen LogP contribution in [0.1, 0.15) is 47.6 Å². The van der Waals surface area contributed by atoms with E-state index in [9.17, 15) is 19.5 Å². The molecule has 266 valence electrons. The van der Waals surface area contributed by atoms with Crippen molar-refractivity contribution < 1.29 is 29.0 Å². The zero-order valence-corrected chi connectivity index (χ0v) is 29.0. The van der Waals surface area contributed by atoms with Gasteiger partial charge in [-0.3, -0.25) is 14.4 Å². The number of hydrogen-bond acceptors (Lipinski definition) is 6. The summed E-state index contributed by atoms with van der Waals surface area (Å²) in [4.78, 5) is 40.0. The summed E-state index contributed by atoms with van der Waals surface area (Å²) in [7, 11) is 0. The van der Waals surface area contributed by atoms with Crippen LogP contribution in [-0.4, -0.2) is 42.1 Å². The monoisotopic (exact) mass is 688 g/mol. The maximum absolute atomic E-state index is 13.4. The number of allylic oxidation sites excluding steroid dienone is 2. The molecule has 0 aromatic heterocycles. The summed E-state index contributed by atoms with van der Waals surface area (Å²) >= 11 is 0. The molecule has 2 amide bonds. The van der Waals surface area contributed by atoms with Crippen molar-refractivity contribution in [1.82, 2.24) is 10.6 Å². The molecule has 8 nitrogen and oxygen atoms in total. The molecule has 3 N–H and O–H groups in total. The van der Waals surface area contributed by atoms with Crippen LogP contribution in [0.25, 0.3) is 0 Å². The molecule has 4 unspecified atom stereocenters. The van der Waals surface area contributed by atoms with Crippen molar-refractivity contribution in [2.75, 3.05) is 13.2 Å². The first-order chi connectivity index (χ1) is 24.9. The molecule has 0 spiro atoms. The summed E-state index contributed by atoms with van der Waals surface area (Å²) < 4.78 is 11.9. The molecule has 0 saturated carbocycles. The quantitative estimate of drug-likeness (QED) is 0.0663. The van der Waals surface area contributed by atoms with Gasteiger partial charge in [0, 0.05) is 6.42 Å². The molecule has 0 aliphatic carbocycles. The minimum Gasteiger partial charge on any atom is -0.489 e. The second kappa shape index (κ2) is 20.9. The first-order valence-corrected chi connectivity index (χ1v) is 17.3. The van der Waals surface area contributed by atoms with E-state index in [0.717, 1.165) is 28.0 Å². The molecular formula is C43H48N2O6. The van der Waals surface area contributed by atoms with Crippen LogP contribution in [0.2, 0.25) is 0 Å². The van der Waals surface area contributed by atoms with E-state index in [2.05, 4.69) is 23.8 Å². The maximum Gasteiger partial charge on any atom is 0.310 e. The van der Waals surface area contributed by atoms with Gasteiger partial charge in [0.25, 0.3) is 0 Å². The molecule has 4 atom stereocenters. The van der Waals surface area contributed by atoms with Crippen LogP contribution in [0.4, 0.5) is 0 Å². The van der Waals surface area contributed by atoms with Crippen molar-refractivity contribution in [2.24, 2.45) is 11.8 Å². The molecule has 51 heavy (non-hydrogen) atoms. The van der Waals surface area contributed by atoms with Crippen LogP contribution < -0.4 is 15.4 Å². The first-order valence-electron chi connectivity index (χ1n) is 17.3. The van der Waals surface area contributed by atoms with E-state index >= 15 is 0 Å². The van der Waals surface area contributed by atoms with Crippen LogP contribution in [0.15, 0.2) is 141 Å². The fourth-order valence-corrected chi connectivity index (χ4v) is 5.74. The minimum atomic E-state index is -0.738. The molecule has 0 aliphatic heterocycles. The van der Waals surface area contributed by atoms with Gasteiger partial charge in [-0.05, 0) is 60.1 Å². The lowest BCUT2D eigenvalue weighted by Gasteiger charge is -2.24. The number of benzene rings is 4. The van der Waals surface area contributed by atoms with Gasteiger partial charge in [-0.2, -0.15) is 0 Å². The number of carbonyl (C=O) groups excluding carboxylic acids is 3. The lowest BCUT2D eigenvalue weighted by molar-refractivity contribution is -0.154.